The van der Waals surface area contributed by atoms with Crippen molar-refractivity contribution in [2.75, 3.05) is 24.1 Å². The summed E-state index contributed by atoms with van der Waals surface area (Å²) in [6.07, 6.45) is -2.89. The maximum atomic E-state index is 13.9. The summed E-state index contributed by atoms with van der Waals surface area (Å²) in [7, 11) is -3.82. The van der Waals surface area contributed by atoms with Crippen molar-refractivity contribution in [1.82, 2.24) is 25.2 Å². The van der Waals surface area contributed by atoms with E-state index in [1.807, 2.05) is 0 Å². The van der Waals surface area contributed by atoms with Gasteiger partial charge < -0.3 is 16.4 Å². The van der Waals surface area contributed by atoms with Gasteiger partial charge in [0.2, 0.25) is 21.9 Å². The Morgan fingerprint density at radius 1 is 1.21 bits per heavy atom. The van der Waals surface area contributed by atoms with E-state index in [2.05, 4.69) is 30.5 Å². The van der Waals surface area contributed by atoms with Crippen molar-refractivity contribution in [3.8, 4) is 11.1 Å². The first-order chi connectivity index (χ1) is 16.0. The Labute approximate surface area is 198 Å². The molecule has 0 amide bonds. The quantitative estimate of drug-likeness (QED) is 0.324. The van der Waals surface area contributed by atoms with E-state index in [4.69, 9.17) is 17.3 Å². The summed E-state index contributed by atoms with van der Waals surface area (Å²) in [5.74, 6) is -0.0328. The predicted octanol–water partition coefficient (Wildman–Crippen LogP) is 3.50. The Hall–Kier alpha value is -2.87. The Morgan fingerprint density at radius 2 is 1.94 bits per heavy atom. The van der Waals surface area contributed by atoms with Crippen molar-refractivity contribution in [2.24, 2.45) is 0 Å². The standard InChI is InChI=1S/C20H21ClF3N7O2S/c21-16-9-13(28-19-29-18(25)30-31-19)8-15(20(22,23)24)17(16)11-3-5-14(6-4-11)34(32,33)27-10-12-2-1-7-26-12/h3-6,8-9,12,26-27H,1-2,7,10H2,(H4,25,28,29,30,31). The number of anilines is 3. The molecule has 1 aromatic heterocycles. The first kappa shape index (κ1) is 24.3. The summed E-state index contributed by atoms with van der Waals surface area (Å²) >= 11 is 6.25. The summed E-state index contributed by atoms with van der Waals surface area (Å²) in [4.78, 5) is 3.73. The molecule has 14 heteroatoms. The minimum Gasteiger partial charge on any atom is -0.368 e. The van der Waals surface area contributed by atoms with Crippen molar-refractivity contribution in [1.29, 1.82) is 0 Å². The molecule has 0 saturated carbocycles. The number of benzene rings is 2. The molecule has 2 heterocycles. The number of hydrogen-bond donors (Lipinski definition) is 5. The number of nitrogens with one attached hydrogen (secondary N) is 4. The Kier molecular flexibility index (Phi) is 6.71. The zero-order valence-corrected chi connectivity index (χ0v) is 19.2. The average Bonchev–Trinajstić information content (AvgIpc) is 3.43. The van der Waals surface area contributed by atoms with Crippen LogP contribution in [-0.4, -0.2) is 42.7 Å². The topological polar surface area (TPSA) is 138 Å². The molecule has 34 heavy (non-hydrogen) atoms. The molecule has 2 aromatic carbocycles. The highest BCUT2D eigenvalue weighted by atomic mass is 35.5. The highest BCUT2D eigenvalue weighted by Crippen LogP contribution is 2.43. The number of nitrogens with zero attached hydrogens (tertiary/aromatic N) is 2. The fourth-order valence-electron chi connectivity index (χ4n) is 3.68. The van der Waals surface area contributed by atoms with Crippen LogP contribution in [0.15, 0.2) is 41.3 Å². The number of aromatic amines is 1. The molecule has 6 N–H and O–H groups in total. The van der Waals surface area contributed by atoms with Crippen LogP contribution in [0.1, 0.15) is 18.4 Å². The molecule has 1 unspecified atom stereocenters. The van der Waals surface area contributed by atoms with Crippen LogP contribution in [0.25, 0.3) is 11.1 Å². The second-order valence-corrected chi connectivity index (χ2v) is 9.89. The molecule has 1 aliphatic heterocycles. The number of nitrogen functional groups attached to an aromatic ring is 1. The van der Waals surface area contributed by atoms with Crippen LogP contribution in [0.3, 0.4) is 0 Å². The number of sulfonamides is 1. The largest absolute Gasteiger partial charge is 0.417 e. The first-order valence-electron chi connectivity index (χ1n) is 10.2. The van der Waals surface area contributed by atoms with E-state index in [9.17, 15) is 21.6 Å². The van der Waals surface area contributed by atoms with Crippen LogP contribution in [0, 0.1) is 0 Å². The number of H-pyrrole nitrogens is 1. The van der Waals surface area contributed by atoms with Gasteiger partial charge in [-0.25, -0.2) is 18.2 Å². The third kappa shape index (κ3) is 5.43. The average molecular weight is 516 g/mol. The normalized spacial score (nSPS) is 16.6. The molecule has 0 spiro atoms. The number of alkyl halides is 3. The molecule has 1 saturated heterocycles. The summed E-state index contributed by atoms with van der Waals surface area (Å²) in [5.41, 5.74) is 4.26. The molecule has 1 fully saturated rings. The second-order valence-electron chi connectivity index (χ2n) is 7.72. The molecule has 0 aliphatic carbocycles. The van der Waals surface area contributed by atoms with E-state index in [0.717, 1.165) is 25.5 Å². The zero-order valence-electron chi connectivity index (χ0n) is 17.6. The molecule has 4 rings (SSSR count). The van der Waals surface area contributed by atoms with Gasteiger partial charge >= 0.3 is 6.18 Å². The Balaban J connectivity index is 1.62. The van der Waals surface area contributed by atoms with E-state index in [-0.39, 0.29) is 51.2 Å². The lowest BCUT2D eigenvalue weighted by molar-refractivity contribution is -0.137. The van der Waals surface area contributed by atoms with Gasteiger partial charge in [-0.15, -0.1) is 5.10 Å². The minimum absolute atomic E-state index is 0.00370. The number of aromatic nitrogens is 3. The molecule has 182 valence electrons. The molecule has 3 aromatic rings. The fourth-order valence-corrected chi connectivity index (χ4v) is 5.09. The predicted molar refractivity (Wildman–Crippen MR) is 122 cm³/mol. The number of halogens is 4. The maximum absolute atomic E-state index is 13.9. The third-order valence-electron chi connectivity index (χ3n) is 5.29. The van der Waals surface area contributed by atoms with Gasteiger partial charge in [0.25, 0.3) is 0 Å². The van der Waals surface area contributed by atoms with Crippen LogP contribution in [0.4, 0.5) is 30.8 Å². The van der Waals surface area contributed by atoms with Crippen LogP contribution in [-0.2, 0) is 16.2 Å². The minimum atomic E-state index is -4.74. The van der Waals surface area contributed by atoms with Crippen molar-refractivity contribution in [3.05, 3.63) is 47.0 Å². The summed E-state index contributed by atoms with van der Waals surface area (Å²) in [6, 6.07) is 7.30. The second kappa shape index (κ2) is 9.41. The van der Waals surface area contributed by atoms with Gasteiger partial charge in [0.1, 0.15) is 0 Å². The molecule has 1 aliphatic rings. The monoisotopic (exact) mass is 515 g/mol. The summed E-state index contributed by atoms with van der Waals surface area (Å²) < 4.78 is 69.4. The molecular formula is C20H21ClF3N7O2S. The van der Waals surface area contributed by atoms with Crippen LogP contribution >= 0.6 is 11.6 Å². The van der Waals surface area contributed by atoms with E-state index >= 15 is 0 Å². The molecule has 9 nitrogen and oxygen atoms in total. The molecule has 0 radical (unpaired) electrons. The van der Waals surface area contributed by atoms with E-state index in [0.29, 0.717) is 0 Å². The highest BCUT2D eigenvalue weighted by Gasteiger charge is 2.35. The summed E-state index contributed by atoms with van der Waals surface area (Å²) in [6.45, 7) is 1.07. The van der Waals surface area contributed by atoms with E-state index < -0.39 is 21.8 Å². The smallest absolute Gasteiger partial charge is 0.368 e. The van der Waals surface area contributed by atoms with Gasteiger partial charge in [0.05, 0.1) is 15.5 Å². The van der Waals surface area contributed by atoms with E-state index in [1.54, 1.807) is 0 Å². The SMILES string of the molecule is Nc1nc(Nc2cc(Cl)c(-c3ccc(S(=O)(=O)NCC4CCCN4)cc3)c(C(F)(F)F)c2)n[nH]1. The first-order valence-corrected chi connectivity index (χ1v) is 12.1. The molecule has 0 bridgehead atoms. The third-order valence-corrected chi connectivity index (χ3v) is 7.03. The Bertz CT molecular complexity index is 1270. The lowest BCUT2D eigenvalue weighted by Crippen LogP contribution is -2.37. The van der Waals surface area contributed by atoms with Crippen molar-refractivity contribution >= 4 is 39.2 Å². The Morgan fingerprint density at radius 3 is 2.53 bits per heavy atom. The summed E-state index contributed by atoms with van der Waals surface area (Å²) in [5, 5.41) is 11.7. The van der Waals surface area contributed by atoms with E-state index in [1.165, 1.54) is 30.3 Å². The molecule has 1 atom stereocenters. The van der Waals surface area contributed by atoms with Crippen LogP contribution in [0.5, 0.6) is 0 Å². The van der Waals surface area contributed by atoms with Crippen molar-refractivity contribution in [3.63, 3.8) is 0 Å². The molecular weight excluding hydrogens is 495 g/mol. The lowest BCUT2D eigenvalue weighted by atomic mass is 9.98. The number of nitrogens with two attached hydrogens (primary N) is 1. The number of hydrogen-bond acceptors (Lipinski definition) is 7. The van der Waals surface area contributed by atoms with Gasteiger partial charge in [0.15, 0.2) is 0 Å². The van der Waals surface area contributed by atoms with Gasteiger partial charge in [-0.2, -0.15) is 18.2 Å². The van der Waals surface area contributed by atoms with Gasteiger partial charge in [0, 0.05) is 23.8 Å². The zero-order chi connectivity index (χ0) is 24.5. The van der Waals surface area contributed by atoms with Gasteiger partial charge in [-0.3, -0.25) is 0 Å². The van der Waals surface area contributed by atoms with Crippen LogP contribution < -0.4 is 21.1 Å². The number of rotatable bonds is 7. The highest BCUT2D eigenvalue weighted by molar-refractivity contribution is 7.89. The van der Waals surface area contributed by atoms with Crippen LogP contribution in [0.2, 0.25) is 5.02 Å². The van der Waals surface area contributed by atoms with Gasteiger partial charge in [-0.1, -0.05) is 23.7 Å². The maximum Gasteiger partial charge on any atom is 0.417 e. The van der Waals surface area contributed by atoms with Crippen molar-refractivity contribution < 1.29 is 21.6 Å². The van der Waals surface area contributed by atoms with Gasteiger partial charge in [-0.05, 0) is 49.2 Å². The van der Waals surface area contributed by atoms with Crippen molar-refractivity contribution in [2.45, 2.75) is 30.0 Å². The lowest BCUT2D eigenvalue weighted by Gasteiger charge is -2.17. The fraction of sp³-hybridized carbons (Fsp3) is 0.300.